The maximum atomic E-state index is 12.6. The molecule has 1 saturated heterocycles. The van der Waals surface area contributed by atoms with Gasteiger partial charge in [-0.25, -0.2) is 8.42 Å². The van der Waals surface area contributed by atoms with E-state index in [9.17, 15) is 8.42 Å². The van der Waals surface area contributed by atoms with Crippen LogP contribution < -0.4 is 5.32 Å². The van der Waals surface area contributed by atoms with Gasteiger partial charge in [0.2, 0.25) is 10.0 Å². The fraction of sp³-hybridized carbons (Fsp3) is 0.500. The minimum atomic E-state index is -3.39. The summed E-state index contributed by atoms with van der Waals surface area (Å²) in [6.07, 6.45) is 1.85. The third kappa shape index (κ3) is 2.61. The standard InChI is InChI=1S/C12H17BrN2O2S/c1-14-9-10-5-4-8-15(10)18(16,17)12-7-3-2-6-11(12)13/h2-3,6-7,10,14H,4-5,8-9H2,1H3/t10-/m0/s1. The number of likely N-dealkylation sites (N-methyl/N-ethyl adjacent to an activating group) is 1. The molecule has 4 nitrogen and oxygen atoms in total. The number of hydrogen-bond donors (Lipinski definition) is 1. The molecule has 18 heavy (non-hydrogen) atoms. The molecule has 0 spiro atoms. The largest absolute Gasteiger partial charge is 0.318 e. The number of benzene rings is 1. The Bertz CT molecular complexity index is 519. The molecule has 1 aliphatic rings. The Morgan fingerprint density at radius 2 is 2.17 bits per heavy atom. The van der Waals surface area contributed by atoms with Crippen molar-refractivity contribution < 1.29 is 8.42 Å². The van der Waals surface area contributed by atoms with Gasteiger partial charge in [0.25, 0.3) is 0 Å². The summed E-state index contributed by atoms with van der Waals surface area (Å²) in [5.41, 5.74) is 0. The average Bonchev–Trinajstić information content (AvgIpc) is 2.79. The van der Waals surface area contributed by atoms with Crippen molar-refractivity contribution >= 4 is 26.0 Å². The summed E-state index contributed by atoms with van der Waals surface area (Å²) in [6.45, 7) is 1.31. The van der Waals surface area contributed by atoms with Crippen molar-refractivity contribution in [1.29, 1.82) is 0 Å². The van der Waals surface area contributed by atoms with Crippen molar-refractivity contribution in [2.75, 3.05) is 20.1 Å². The van der Waals surface area contributed by atoms with Gasteiger partial charge >= 0.3 is 0 Å². The van der Waals surface area contributed by atoms with Crippen LogP contribution in [-0.4, -0.2) is 38.9 Å². The van der Waals surface area contributed by atoms with E-state index in [2.05, 4.69) is 21.2 Å². The predicted octanol–water partition coefficient (Wildman–Crippen LogP) is 1.82. The summed E-state index contributed by atoms with van der Waals surface area (Å²) in [4.78, 5) is 0.355. The summed E-state index contributed by atoms with van der Waals surface area (Å²) < 4.78 is 27.5. The third-order valence-electron chi connectivity index (χ3n) is 3.19. The Morgan fingerprint density at radius 1 is 1.44 bits per heavy atom. The number of nitrogens with zero attached hydrogens (tertiary/aromatic N) is 1. The highest BCUT2D eigenvalue weighted by Crippen LogP contribution is 2.29. The van der Waals surface area contributed by atoms with E-state index in [1.807, 2.05) is 13.1 Å². The summed E-state index contributed by atoms with van der Waals surface area (Å²) >= 11 is 3.32. The van der Waals surface area contributed by atoms with Crippen LogP contribution in [-0.2, 0) is 10.0 Å². The quantitative estimate of drug-likeness (QED) is 0.914. The van der Waals surface area contributed by atoms with Crippen LogP contribution in [0.1, 0.15) is 12.8 Å². The summed E-state index contributed by atoms with van der Waals surface area (Å²) in [7, 11) is -1.55. The molecule has 0 aromatic heterocycles. The first-order valence-electron chi connectivity index (χ1n) is 5.98. The lowest BCUT2D eigenvalue weighted by atomic mass is 10.2. The van der Waals surface area contributed by atoms with Crippen molar-refractivity contribution in [3.05, 3.63) is 28.7 Å². The molecular formula is C12H17BrN2O2S. The van der Waals surface area contributed by atoms with E-state index in [1.165, 1.54) is 0 Å². The van der Waals surface area contributed by atoms with Crippen LogP contribution in [0.5, 0.6) is 0 Å². The molecule has 0 saturated carbocycles. The molecule has 6 heteroatoms. The van der Waals surface area contributed by atoms with Gasteiger partial charge in [0.1, 0.15) is 0 Å². The van der Waals surface area contributed by atoms with Gasteiger partial charge in [-0.15, -0.1) is 0 Å². The Kier molecular flexibility index (Phi) is 4.42. The number of halogens is 1. The highest BCUT2D eigenvalue weighted by Gasteiger charge is 2.35. The molecule has 1 atom stereocenters. The van der Waals surface area contributed by atoms with Gasteiger partial charge in [-0.2, -0.15) is 4.31 Å². The highest BCUT2D eigenvalue weighted by molar-refractivity contribution is 9.10. The maximum Gasteiger partial charge on any atom is 0.244 e. The number of nitrogens with one attached hydrogen (secondary N) is 1. The molecule has 0 aliphatic carbocycles. The smallest absolute Gasteiger partial charge is 0.244 e. The average molecular weight is 333 g/mol. The fourth-order valence-corrected chi connectivity index (χ4v) is 5.00. The fourth-order valence-electron chi connectivity index (χ4n) is 2.35. The molecule has 2 rings (SSSR count). The van der Waals surface area contributed by atoms with Crippen LogP contribution in [0.2, 0.25) is 0 Å². The second-order valence-corrected chi connectivity index (χ2v) is 7.11. The zero-order valence-electron chi connectivity index (χ0n) is 10.3. The van der Waals surface area contributed by atoms with Gasteiger partial charge in [0, 0.05) is 23.6 Å². The van der Waals surface area contributed by atoms with Gasteiger partial charge in [-0.3, -0.25) is 0 Å². The van der Waals surface area contributed by atoms with E-state index in [1.54, 1.807) is 22.5 Å². The lowest BCUT2D eigenvalue weighted by Crippen LogP contribution is -2.40. The van der Waals surface area contributed by atoms with Crippen molar-refractivity contribution in [2.24, 2.45) is 0 Å². The first kappa shape index (κ1) is 14.0. The molecule has 1 fully saturated rings. The Hall–Kier alpha value is -0.430. The molecule has 0 radical (unpaired) electrons. The normalized spacial score (nSPS) is 21.3. The van der Waals surface area contributed by atoms with Crippen LogP contribution in [0.25, 0.3) is 0 Å². The van der Waals surface area contributed by atoms with E-state index >= 15 is 0 Å². The van der Waals surface area contributed by atoms with E-state index < -0.39 is 10.0 Å². The minimum absolute atomic E-state index is 0.0621. The molecule has 1 N–H and O–H groups in total. The van der Waals surface area contributed by atoms with Gasteiger partial charge in [-0.1, -0.05) is 12.1 Å². The van der Waals surface area contributed by atoms with Crippen LogP contribution in [0, 0.1) is 0 Å². The van der Waals surface area contributed by atoms with E-state index in [4.69, 9.17) is 0 Å². The summed E-state index contributed by atoms with van der Waals surface area (Å²) in [5.74, 6) is 0. The van der Waals surface area contributed by atoms with Gasteiger partial charge in [0.05, 0.1) is 4.90 Å². The van der Waals surface area contributed by atoms with E-state index in [0.717, 1.165) is 12.8 Å². The van der Waals surface area contributed by atoms with Crippen LogP contribution in [0.4, 0.5) is 0 Å². The van der Waals surface area contributed by atoms with E-state index in [0.29, 0.717) is 22.5 Å². The van der Waals surface area contributed by atoms with Gasteiger partial charge in [-0.05, 0) is 48.0 Å². The molecule has 1 aliphatic heterocycles. The van der Waals surface area contributed by atoms with Gasteiger partial charge < -0.3 is 5.32 Å². The molecular weight excluding hydrogens is 316 g/mol. The Morgan fingerprint density at radius 3 is 2.83 bits per heavy atom. The lowest BCUT2D eigenvalue weighted by Gasteiger charge is -2.24. The lowest BCUT2D eigenvalue weighted by molar-refractivity contribution is 0.379. The monoisotopic (exact) mass is 332 g/mol. The van der Waals surface area contributed by atoms with Crippen LogP contribution in [0.3, 0.4) is 0 Å². The van der Waals surface area contributed by atoms with Crippen LogP contribution >= 0.6 is 15.9 Å². The van der Waals surface area contributed by atoms with Crippen molar-refractivity contribution in [1.82, 2.24) is 9.62 Å². The molecule has 0 amide bonds. The molecule has 1 aromatic carbocycles. The SMILES string of the molecule is CNC[C@@H]1CCCN1S(=O)(=O)c1ccccc1Br. The highest BCUT2D eigenvalue weighted by atomic mass is 79.9. The topological polar surface area (TPSA) is 49.4 Å². The third-order valence-corrected chi connectivity index (χ3v) is 6.15. The zero-order valence-corrected chi connectivity index (χ0v) is 12.7. The van der Waals surface area contributed by atoms with Crippen molar-refractivity contribution in [3.8, 4) is 0 Å². The number of rotatable bonds is 4. The maximum absolute atomic E-state index is 12.6. The molecule has 1 heterocycles. The first-order valence-corrected chi connectivity index (χ1v) is 8.21. The van der Waals surface area contributed by atoms with Crippen molar-refractivity contribution in [3.63, 3.8) is 0 Å². The van der Waals surface area contributed by atoms with Crippen molar-refractivity contribution in [2.45, 2.75) is 23.8 Å². The molecule has 100 valence electrons. The second-order valence-electron chi connectivity index (χ2n) is 4.40. The zero-order chi connectivity index (χ0) is 13.2. The summed E-state index contributed by atoms with van der Waals surface area (Å²) in [5, 5.41) is 3.06. The Labute approximate surface area is 117 Å². The second kappa shape index (κ2) is 5.69. The minimum Gasteiger partial charge on any atom is -0.318 e. The van der Waals surface area contributed by atoms with E-state index in [-0.39, 0.29) is 6.04 Å². The predicted molar refractivity (Wildman–Crippen MR) is 75.0 cm³/mol. The molecule has 1 aromatic rings. The molecule has 0 bridgehead atoms. The molecule has 0 unspecified atom stereocenters. The Balaban J connectivity index is 2.34. The van der Waals surface area contributed by atoms with Gasteiger partial charge in [0.15, 0.2) is 0 Å². The van der Waals surface area contributed by atoms with Crippen LogP contribution in [0.15, 0.2) is 33.6 Å². The number of hydrogen-bond acceptors (Lipinski definition) is 3. The summed E-state index contributed by atoms with van der Waals surface area (Å²) in [6, 6.07) is 7.04. The number of sulfonamides is 1. The first-order chi connectivity index (χ1) is 8.57.